The zero-order valence-electron chi connectivity index (χ0n) is 8.46. The summed E-state index contributed by atoms with van der Waals surface area (Å²) in [6, 6.07) is 7.34. The molecule has 1 aromatic carbocycles. The summed E-state index contributed by atoms with van der Waals surface area (Å²) in [7, 11) is -3.31. The van der Waals surface area contributed by atoms with Crippen molar-refractivity contribution in [1.29, 1.82) is 0 Å². The van der Waals surface area contributed by atoms with E-state index in [2.05, 4.69) is 20.9 Å². The van der Waals surface area contributed by atoms with Crippen molar-refractivity contribution in [3.05, 3.63) is 41.1 Å². The third-order valence-electron chi connectivity index (χ3n) is 2.05. The van der Waals surface area contributed by atoms with Gasteiger partial charge in [-0.3, -0.25) is 0 Å². The van der Waals surface area contributed by atoms with Gasteiger partial charge >= 0.3 is 0 Å². The molecule has 1 aromatic heterocycles. The topological polar surface area (TPSA) is 52.0 Å². The molecule has 0 unspecified atom stereocenters. The van der Waals surface area contributed by atoms with Crippen LogP contribution in [-0.2, 0) is 10.0 Å². The van der Waals surface area contributed by atoms with Crippen molar-refractivity contribution in [2.24, 2.45) is 0 Å². The maximum Gasteiger partial charge on any atom is 0.237 e. The molecule has 4 nitrogen and oxygen atoms in total. The fraction of sp³-hybridized carbons (Fsp3) is 0.100. The van der Waals surface area contributed by atoms with Crippen LogP contribution in [0.2, 0.25) is 0 Å². The van der Waals surface area contributed by atoms with Crippen molar-refractivity contribution >= 4 is 26.0 Å². The second-order valence-electron chi connectivity index (χ2n) is 3.32. The number of imidazole rings is 1. The fourth-order valence-electron chi connectivity index (χ4n) is 1.39. The Morgan fingerprint density at radius 1 is 1.38 bits per heavy atom. The third kappa shape index (κ3) is 2.17. The summed E-state index contributed by atoms with van der Waals surface area (Å²) in [5, 5.41) is 0. The molecule has 0 aliphatic heterocycles. The first-order valence-electron chi connectivity index (χ1n) is 4.48. The fourth-order valence-corrected chi connectivity index (χ4v) is 2.53. The van der Waals surface area contributed by atoms with E-state index < -0.39 is 10.0 Å². The molecule has 0 saturated carbocycles. The summed E-state index contributed by atoms with van der Waals surface area (Å²) in [6.45, 7) is 0. The van der Waals surface area contributed by atoms with Crippen molar-refractivity contribution in [1.82, 2.24) is 8.96 Å². The van der Waals surface area contributed by atoms with E-state index in [0.29, 0.717) is 5.82 Å². The number of nitrogens with zero attached hydrogens (tertiary/aromatic N) is 2. The van der Waals surface area contributed by atoms with Crippen LogP contribution in [0.4, 0.5) is 0 Å². The Morgan fingerprint density at radius 2 is 2.12 bits per heavy atom. The minimum absolute atomic E-state index is 0.420. The lowest BCUT2D eigenvalue weighted by Gasteiger charge is -2.05. The van der Waals surface area contributed by atoms with Crippen molar-refractivity contribution in [2.45, 2.75) is 0 Å². The van der Waals surface area contributed by atoms with E-state index in [1.54, 1.807) is 0 Å². The highest BCUT2D eigenvalue weighted by molar-refractivity contribution is 9.10. The normalized spacial score (nSPS) is 11.6. The molecule has 84 valence electrons. The average Bonchev–Trinajstić information content (AvgIpc) is 2.65. The zero-order chi connectivity index (χ0) is 11.8. The van der Waals surface area contributed by atoms with E-state index in [1.165, 1.54) is 12.4 Å². The van der Waals surface area contributed by atoms with Gasteiger partial charge in [0.1, 0.15) is 0 Å². The number of benzene rings is 1. The van der Waals surface area contributed by atoms with Crippen molar-refractivity contribution < 1.29 is 8.42 Å². The molecule has 16 heavy (non-hydrogen) atoms. The van der Waals surface area contributed by atoms with E-state index >= 15 is 0 Å². The van der Waals surface area contributed by atoms with Gasteiger partial charge in [0.05, 0.1) is 6.26 Å². The Kier molecular flexibility index (Phi) is 2.86. The minimum Gasteiger partial charge on any atom is -0.236 e. The maximum absolute atomic E-state index is 11.5. The third-order valence-corrected chi connectivity index (χ3v) is 3.55. The molecule has 2 aromatic rings. The highest BCUT2D eigenvalue weighted by Crippen LogP contribution is 2.22. The molecule has 0 aliphatic carbocycles. The lowest BCUT2D eigenvalue weighted by molar-refractivity contribution is 0.594. The van der Waals surface area contributed by atoms with E-state index in [-0.39, 0.29) is 0 Å². The van der Waals surface area contributed by atoms with Gasteiger partial charge in [-0.25, -0.2) is 17.4 Å². The molecule has 0 spiro atoms. The molecule has 0 aliphatic rings. The maximum atomic E-state index is 11.5. The Hall–Kier alpha value is -1.14. The first kappa shape index (κ1) is 11.3. The molecular weight excluding hydrogens is 292 g/mol. The molecule has 2 rings (SSSR count). The van der Waals surface area contributed by atoms with Gasteiger partial charge in [-0.05, 0) is 12.1 Å². The first-order chi connectivity index (χ1) is 7.48. The van der Waals surface area contributed by atoms with E-state index in [4.69, 9.17) is 0 Å². The largest absolute Gasteiger partial charge is 0.237 e. The van der Waals surface area contributed by atoms with E-state index in [0.717, 1.165) is 20.3 Å². The number of halogens is 1. The summed E-state index contributed by atoms with van der Waals surface area (Å²) in [5.41, 5.74) is 0.754. The number of hydrogen-bond acceptors (Lipinski definition) is 3. The molecule has 6 heteroatoms. The lowest BCUT2D eigenvalue weighted by atomic mass is 10.2. The monoisotopic (exact) mass is 300 g/mol. The molecule has 0 fully saturated rings. The second kappa shape index (κ2) is 4.03. The Labute approximate surface area is 102 Å². The van der Waals surface area contributed by atoms with Crippen molar-refractivity contribution in [2.75, 3.05) is 6.26 Å². The second-order valence-corrected chi connectivity index (χ2v) is 6.10. The lowest BCUT2D eigenvalue weighted by Crippen LogP contribution is -2.10. The predicted octanol–water partition coefficient (Wildman–Crippen LogP) is 2.12. The SMILES string of the molecule is CS(=O)(=O)n1ccnc1-c1cccc(Br)c1. The van der Waals surface area contributed by atoms with Crippen LogP contribution in [0.1, 0.15) is 0 Å². The molecule has 0 bridgehead atoms. The van der Waals surface area contributed by atoms with Crippen LogP contribution in [-0.4, -0.2) is 23.6 Å². The van der Waals surface area contributed by atoms with Gasteiger partial charge in [-0.15, -0.1) is 0 Å². The summed E-state index contributed by atoms with van der Waals surface area (Å²) >= 11 is 3.34. The van der Waals surface area contributed by atoms with Crippen molar-refractivity contribution in [3.63, 3.8) is 0 Å². The van der Waals surface area contributed by atoms with Crippen molar-refractivity contribution in [3.8, 4) is 11.4 Å². The number of aromatic nitrogens is 2. The Morgan fingerprint density at radius 3 is 2.75 bits per heavy atom. The first-order valence-corrected chi connectivity index (χ1v) is 7.12. The summed E-state index contributed by atoms with van der Waals surface area (Å²) in [5.74, 6) is 0.420. The van der Waals surface area contributed by atoms with E-state index in [9.17, 15) is 8.42 Å². The summed E-state index contributed by atoms with van der Waals surface area (Å²) in [6.07, 6.45) is 4.05. The standard InChI is InChI=1S/C10H9BrN2O2S/c1-16(14,15)13-6-5-12-10(13)8-3-2-4-9(11)7-8/h2-7H,1H3. The smallest absolute Gasteiger partial charge is 0.236 e. The summed E-state index contributed by atoms with van der Waals surface area (Å²) in [4.78, 5) is 4.06. The van der Waals surface area contributed by atoms with Crippen LogP contribution in [0.25, 0.3) is 11.4 Å². The Bertz CT molecular complexity index is 619. The quantitative estimate of drug-likeness (QED) is 0.854. The molecule has 0 saturated heterocycles. The highest BCUT2D eigenvalue weighted by atomic mass is 79.9. The van der Waals surface area contributed by atoms with Gasteiger partial charge < -0.3 is 0 Å². The molecule has 0 amide bonds. The van der Waals surface area contributed by atoms with Crippen LogP contribution in [0.5, 0.6) is 0 Å². The molecule has 0 radical (unpaired) electrons. The van der Waals surface area contributed by atoms with Crippen LogP contribution < -0.4 is 0 Å². The summed E-state index contributed by atoms with van der Waals surface area (Å²) < 4.78 is 25.0. The Balaban J connectivity index is 2.62. The molecular formula is C10H9BrN2O2S. The molecule has 1 heterocycles. The zero-order valence-corrected chi connectivity index (χ0v) is 10.9. The van der Waals surface area contributed by atoms with Crippen LogP contribution in [0.3, 0.4) is 0 Å². The van der Waals surface area contributed by atoms with Crippen LogP contribution >= 0.6 is 15.9 Å². The molecule has 0 N–H and O–H groups in total. The van der Waals surface area contributed by atoms with Crippen LogP contribution in [0.15, 0.2) is 41.1 Å². The van der Waals surface area contributed by atoms with Gasteiger partial charge in [0.2, 0.25) is 10.0 Å². The van der Waals surface area contributed by atoms with Gasteiger partial charge in [-0.2, -0.15) is 0 Å². The van der Waals surface area contributed by atoms with Gasteiger partial charge in [0.25, 0.3) is 0 Å². The van der Waals surface area contributed by atoms with E-state index in [1.807, 2.05) is 24.3 Å². The van der Waals surface area contributed by atoms with Gasteiger partial charge in [0.15, 0.2) is 5.82 Å². The minimum atomic E-state index is -3.31. The highest BCUT2D eigenvalue weighted by Gasteiger charge is 2.13. The van der Waals surface area contributed by atoms with Gasteiger partial charge in [-0.1, -0.05) is 28.1 Å². The van der Waals surface area contributed by atoms with Gasteiger partial charge in [0, 0.05) is 22.4 Å². The number of hydrogen-bond donors (Lipinski definition) is 0. The molecule has 0 atom stereocenters. The average molecular weight is 301 g/mol. The van der Waals surface area contributed by atoms with Crippen LogP contribution in [0, 0.1) is 0 Å². The number of rotatable bonds is 2. The predicted molar refractivity (Wildman–Crippen MR) is 65.6 cm³/mol.